The number of sulfone groups is 1. The van der Waals surface area contributed by atoms with Crippen molar-refractivity contribution in [1.82, 2.24) is 14.7 Å². The molecule has 0 aromatic heterocycles. The van der Waals surface area contributed by atoms with Crippen LogP contribution in [0.2, 0.25) is 0 Å². The first-order valence-electron chi connectivity index (χ1n) is 8.37. The van der Waals surface area contributed by atoms with E-state index in [2.05, 4.69) is 0 Å². The van der Waals surface area contributed by atoms with Crippen molar-refractivity contribution in [3.05, 3.63) is 0 Å². The summed E-state index contributed by atoms with van der Waals surface area (Å²) in [7, 11) is 0.0571. The van der Waals surface area contributed by atoms with Crippen LogP contribution in [0.4, 0.5) is 4.79 Å². The highest BCUT2D eigenvalue weighted by atomic mass is 32.2. The van der Waals surface area contributed by atoms with Crippen molar-refractivity contribution < 1.29 is 22.7 Å². The summed E-state index contributed by atoms with van der Waals surface area (Å²) in [4.78, 5) is 30.0. The van der Waals surface area contributed by atoms with Crippen LogP contribution in [0.1, 0.15) is 12.8 Å². The zero-order chi connectivity index (χ0) is 17.5. The molecule has 0 bridgehead atoms. The van der Waals surface area contributed by atoms with E-state index in [0.29, 0.717) is 39.1 Å². The molecule has 3 aliphatic rings. The van der Waals surface area contributed by atoms with Gasteiger partial charge in [-0.15, -0.1) is 0 Å². The average molecular weight is 359 g/mol. The van der Waals surface area contributed by atoms with E-state index in [1.54, 1.807) is 23.9 Å². The van der Waals surface area contributed by atoms with Crippen LogP contribution in [0.5, 0.6) is 0 Å². The highest BCUT2D eigenvalue weighted by Gasteiger charge is 2.50. The van der Waals surface area contributed by atoms with Gasteiger partial charge in [0.05, 0.1) is 23.6 Å². The Morgan fingerprint density at radius 1 is 1.00 bits per heavy atom. The molecule has 24 heavy (non-hydrogen) atoms. The molecule has 0 aromatic carbocycles. The van der Waals surface area contributed by atoms with Crippen molar-refractivity contribution in [1.29, 1.82) is 0 Å². The summed E-state index contributed by atoms with van der Waals surface area (Å²) in [6.45, 7) is 1.92. The van der Waals surface area contributed by atoms with Crippen molar-refractivity contribution >= 4 is 21.8 Å². The van der Waals surface area contributed by atoms with E-state index in [1.807, 2.05) is 0 Å². The number of piperazine rings is 1. The maximum Gasteiger partial charge on any atom is 0.319 e. The molecule has 9 heteroatoms. The third-order valence-corrected chi connectivity index (χ3v) is 6.86. The minimum atomic E-state index is -3.25. The number of carbonyl (C=O) groups excluding carboxylic acids is 2. The fraction of sp³-hybridized carbons (Fsp3) is 0.867. The van der Waals surface area contributed by atoms with Crippen LogP contribution in [0.25, 0.3) is 0 Å². The van der Waals surface area contributed by atoms with Gasteiger partial charge in [-0.05, 0) is 12.8 Å². The van der Waals surface area contributed by atoms with Gasteiger partial charge in [0.2, 0.25) is 5.91 Å². The molecule has 0 saturated carbocycles. The van der Waals surface area contributed by atoms with Crippen molar-refractivity contribution in [2.45, 2.75) is 24.9 Å². The molecule has 3 fully saturated rings. The second kappa shape index (κ2) is 6.51. The second-order valence-corrected chi connectivity index (χ2v) is 9.15. The SMILES string of the molecule is CN(C)C(=O)N1CCN(C(=O)C2CCOCC2)[C@@H]2CS(=O)(=O)C[C@@H]21. The fourth-order valence-electron chi connectivity index (χ4n) is 3.90. The molecule has 3 rings (SSSR count). The number of fused-ring (bicyclic) bond motifs is 1. The molecule has 3 aliphatic heterocycles. The molecule has 3 saturated heterocycles. The summed E-state index contributed by atoms with van der Waals surface area (Å²) in [6, 6.07) is -1.06. The smallest absolute Gasteiger partial charge is 0.319 e. The Morgan fingerprint density at radius 3 is 2.12 bits per heavy atom. The monoisotopic (exact) mass is 359 g/mol. The Balaban J connectivity index is 1.81. The summed E-state index contributed by atoms with van der Waals surface area (Å²) in [5.74, 6) is -0.195. The Bertz CT molecular complexity index is 615. The third kappa shape index (κ3) is 3.23. The first-order valence-corrected chi connectivity index (χ1v) is 10.2. The molecule has 136 valence electrons. The third-order valence-electron chi connectivity index (χ3n) is 5.16. The number of ether oxygens (including phenoxy) is 1. The summed E-state index contributed by atoms with van der Waals surface area (Å²) in [6.07, 6.45) is 1.36. The van der Waals surface area contributed by atoms with E-state index < -0.39 is 21.9 Å². The van der Waals surface area contributed by atoms with Gasteiger partial charge in [-0.3, -0.25) is 4.79 Å². The van der Waals surface area contributed by atoms with Crippen LogP contribution >= 0.6 is 0 Å². The van der Waals surface area contributed by atoms with Crippen LogP contribution in [-0.2, 0) is 19.4 Å². The maximum absolute atomic E-state index is 12.9. The minimum Gasteiger partial charge on any atom is -0.381 e. The van der Waals surface area contributed by atoms with Crippen LogP contribution in [0.3, 0.4) is 0 Å². The molecule has 3 heterocycles. The molecular formula is C15H25N3O5S. The van der Waals surface area contributed by atoms with E-state index in [0.717, 1.165) is 0 Å². The quantitative estimate of drug-likeness (QED) is 0.624. The maximum atomic E-state index is 12.9. The predicted molar refractivity (Wildman–Crippen MR) is 87.3 cm³/mol. The van der Waals surface area contributed by atoms with Crippen LogP contribution in [-0.4, -0.2) is 99.0 Å². The number of carbonyl (C=O) groups is 2. The van der Waals surface area contributed by atoms with Crippen molar-refractivity contribution in [3.63, 3.8) is 0 Å². The van der Waals surface area contributed by atoms with E-state index in [1.165, 1.54) is 4.90 Å². The zero-order valence-corrected chi connectivity index (χ0v) is 15.0. The van der Waals surface area contributed by atoms with Gasteiger partial charge >= 0.3 is 6.03 Å². The molecule has 2 atom stereocenters. The normalized spacial score (nSPS) is 30.1. The van der Waals surface area contributed by atoms with E-state index >= 15 is 0 Å². The molecule has 0 aliphatic carbocycles. The molecule has 0 spiro atoms. The minimum absolute atomic E-state index is 0.0161. The summed E-state index contributed by atoms with van der Waals surface area (Å²) >= 11 is 0. The topological polar surface area (TPSA) is 87.2 Å². The predicted octanol–water partition coefficient (Wildman–Crippen LogP) is -0.596. The number of hydrogen-bond donors (Lipinski definition) is 0. The van der Waals surface area contributed by atoms with Crippen molar-refractivity contribution in [3.8, 4) is 0 Å². The molecule has 8 nitrogen and oxygen atoms in total. The molecule has 3 amide bonds. The Hall–Kier alpha value is -1.35. The number of hydrogen-bond acceptors (Lipinski definition) is 5. The molecule has 0 N–H and O–H groups in total. The van der Waals surface area contributed by atoms with Gasteiger partial charge < -0.3 is 19.4 Å². The van der Waals surface area contributed by atoms with Gasteiger partial charge in [0.1, 0.15) is 0 Å². The highest BCUT2D eigenvalue weighted by molar-refractivity contribution is 7.91. The summed E-state index contributed by atoms with van der Waals surface area (Å²) in [5.41, 5.74) is 0. The van der Waals surface area contributed by atoms with Crippen LogP contribution in [0.15, 0.2) is 0 Å². The number of urea groups is 1. The zero-order valence-electron chi connectivity index (χ0n) is 14.2. The van der Waals surface area contributed by atoms with Gasteiger partial charge in [-0.1, -0.05) is 0 Å². The molecule has 0 radical (unpaired) electrons. The standard InChI is InChI=1S/C15H25N3O5S/c1-16(2)15(20)18-6-5-17(12-9-24(21,22)10-13(12)18)14(19)11-3-7-23-8-4-11/h11-13H,3-10H2,1-2H3/t12-,13+/m1/s1. The lowest BCUT2D eigenvalue weighted by molar-refractivity contribution is -0.143. The Labute approximate surface area is 142 Å². The number of nitrogens with zero attached hydrogens (tertiary/aromatic N) is 3. The fourth-order valence-corrected chi connectivity index (χ4v) is 5.88. The first kappa shape index (κ1) is 17.5. The summed E-state index contributed by atoms with van der Waals surface area (Å²) < 4.78 is 29.6. The first-order chi connectivity index (χ1) is 11.3. The molecule has 0 unspecified atom stereocenters. The Kier molecular flexibility index (Phi) is 4.74. The van der Waals surface area contributed by atoms with Gasteiger partial charge in [0.25, 0.3) is 0 Å². The number of rotatable bonds is 1. The van der Waals surface area contributed by atoms with Crippen LogP contribution in [0, 0.1) is 5.92 Å². The van der Waals surface area contributed by atoms with Gasteiger partial charge in [-0.25, -0.2) is 13.2 Å². The van der Waals surface area contributed by atoms with E-state index in [4.69, 9.17) is 4.74 Å². The van der Waals surface area contributed by atoms with Gasteiger partial charge in [-0.2, -0.15) is 0 Å². The lowest BCUT2D eigenvalue weighted by atomic mass is 9.95. The lowest BCUT2D eigenvalue weighted by Crippen LogP contribution is -2.64. The van der Waals surface area contributed by atoms with Crippen molar-refractivity contribution in [2.75, 3.05) is 51.9 Å². The number of amides is 3. The highest BCUT2D eigenvalue weighted by Crippen LogP contribution is 2.30. The van der Waals surface area contributed by atoms with Gasteiger partial charge in [0.15, 0.2) is 9.84 Å². The lowest BCUT2D eigenvalue weighted by Gasteiger charge is -2.45. The molecule has 0 aromatic rings. The summed E-state index contributed by atoms with van der Waals surface area (Å²) in [5, 5.41) is 0. The van der Waals surface area contributed by atoms with E-state index in [-0.39, 0.29) is 29.4 Å². The second-order valence-electron chi connectivity index (χ2n) is 7.00. The van der Waals surface area contributed by atoms with E-state index in [9.17, 15) is 18.0 Å². The largest absolute Gasteiger partial charge is 0.381 e. The molecular weight excluding hydrogens is 334 g/mol. The Morgan fingerprint density at radius 2 is 1.54 bits per heavy atom. The van der Waals surface area contributed by atoms with Crippen LogP contribution < -0.4 is 0 Å². The average Bonchev–Trinajstić information content (AvgIpc) is 2.88. The van der Waals surface area contributed by atoms with Crippen molar-refractivity contribution in [2.24, 2.45) is 5.92 Å². The van der Waals surface area contributed by atoms with Gasteiger partial charge in [0, 0.05) is 46.3 Å².